The summed E-state index contributed by atoms with van der Waals surface area (Å²) >= 11 is 0. The summed E-state index contributed by atoms with van der Waals surface area (Å²) in [4.78, 5) is 19.8. The van der Waals surface area contributed by atoms with Crippen LogP contribution in [0.3, 0.4) is 0 Å². The Balaban J connectivity index is 1.85. The molecule has 0 aliphatic carbocycles. The van der Waals surface area contributed by atoms with Crippen LogP contribution >= 0.6 is 0 Å². The molecule has 0 spiro atoms. The molecule has 1 saturated heterocycles. The minimum absolute atomic E-state index is 0.359. The van der Waals surface area contributed by atoms with Crippen LogP contribution in [0.25, 0.3) is 33.0 Å². The maximum Gasteiger partial charge on any atom is 0.345 e. The second kappa shape index (κ2) is 6.52. The molecule has 5 rings (SSSR count). The van der Waals surface area contributed by atoms with Crippen molar-refractivity contribution in [3.63, 3.8) is 0 Å². The van der Waals surface area contributed by atoms with Gasteiger partial charge in [0.25, 0.3) is 0 Å². The second-order valence-electron chi connectivity index (χ2n) is 6.61. The average Bonchev–Trinajstić information content (AvgIpc) is 2.74. The molecular weight excluding hydrogens is 340 g/mol. The van der Waals surface area contributed by atoms with E-state index in [0.29, 0.717) is 29.7 Å². The van der Waals surface area contributed by atoms with Crippen molar-refractivity contribution in [1.29, 1.82) is 0 Å². The summed E-state index contributed by atoms with van der Waals surface area (Å²) in [6, 6.07) is 19.5. The fourth-order valence-electron chi connectivity index (χ4n) is 3.62. The molecule has 0 bridgehead atoms. The van der Waals surface area contributed by atoms with Crippen LogP contribution in [0.2, 0.25) is 0 Å². The summed E-state index contributed by atoms with van der Waals surface area (Å²) in [5.41, 5.74) is 2.85. The number of fused-ring (bicyclic) bond motifs is 3. The van der Waals surface area contributed by atoms with Gasteiger partial charge in [-0.3, -0.25) is 0 Å². The zero-order valence-corrected chi connectivity index (χ0v) is 14.7. The summed E-state index contributed by atoms with van der Waals surface area (Å²) in [5, 5.41) is 1.35. The predicted molar refractivity (Wildman–Crippen MR) is 106 cm³/mol. The molecule has 4 aromatic rings. The van der Waals surface area contributed by atoms with Gasteiger partial charge in [0.05, 0.1) is 24.1 Å². The van der Waals surface area contributed by atoms with Gasteiger partial charge in [0.15, 0.2) is 0 Å². The first-order chi connectivity index (χ1) is 13.3. The first-order valence-electron chi connectivity index (χ1n) is 9.06. The molecular formula is C22H18N2O3. The highest BCUT2D eigenvalue weighted by molar-refractivity contribution is 6.04. The van der Waals surface area contributed by atoms with Crippen LogP contribution in [-0.2, 0) is 4.74 Å². The number of rotatable bonds is 2. The van der Waals surface area contributed by atoms with E-state index in [2.05, 4.69) is 4.90 Å². The van der Waals surface area contributed by atoms with Crippen LogP contribution < -0.4 is 10.5 Å². The van der Waals surface area contributed by atoms with Gasteiger partial charge < -0.3 is 14.1 Å². The van der Waals surface area contributed by atoms with Gasteiger partial charge in [-0.2, -0.15) is 0 Å². The van der Waals surface area contributed by atoms with Crippen LogP contribution in [0, 0.1) is 0 Å². The quantitative estimate of drug-likeness (QED) is 0.402. The van der Waals surface area contributed by atoms with Crippen molar-refractivity contribution in [2.24, 2.45) is 0 Å². The average molecular weight is 358 g/mol. The Bertz CT molecular complexity index is 1180. The van der Waals surface area contributed by atoms with Gasteiger partial charge in [0.1, 0.15) is 11.4 Å². The third-order valence-corrected chi connectivity index (χ3v) is 4.96. The fourth-order valence-corrected chi connectivity index (χ4v) is 3.62. The summed E-state index contributed by atoms with van der Waals surface area (Å²) in [5.74, 6) is 0.882. The van der Waals surface area contributed by atoms with Gasteiger partial charge >= 0.3 is 5.63 Å². The van der Waals surface area contributed by atoms with Crippen molar-refractivity contribution < 1.29 is 9.15 Å². The normalized spacial score (nSPS) is 14.7. The lowest BCUT2D eigenvalue weighted by Crippen LogP contribution is -2.37. The highest BCUT2D eigenvalue weighted by atomic mass is 16.5. The van der Waals surface area contributed by atoms with Crippen molar-refractivity contribution >= 4 is 27.7 Å². The van der Waals surface area contributed by atoms with E-state index in [1.807, 2.05) is 54.6 Å². The molecule has 0 unspecified atom stereocenters. The molecule has 2 aromatic heterocycles. The lowest BCUT2D eigenvalue weighted by Gasteiger charge is -2.30. The molecule has 3 heterocycles. The van der Waals surface area contributed by atoms with Gasteiger partial charge in [-0.15, -0.1) is 0 Å². The van der Waals surface area contributed by atoms with Crippen LogP contribution in [0.4, 0.5) is 5.82 Å². The van der Waals surface area contributed by atoms with Crippen LogP contribution in [0.15, 0.2) is 69.9 Å². The molecule has 1 fully saturated rings. The van der Waals surface area contributed by atoms with E-state index in [-0.39, 0.29) is 5.63 Å². The van der Waals surface area contributed by atoms with Gasteiger partial charge in [-0.25, -0.2) is 9.78 Å². The number of hydrogen-bond acceptors (Lipinski definition) is 5. The number of anilines is 1. The summed E-state index contributed by atoms with van der Waals surface area (Å²) in [7, 11) is 0. The van der Waals surface area contributed by atoms with Crippen molar-refractivity contribution in [1.82, 2.24) is 4.98 Å². The van der Waals surface area contributed by atoms with E-state index in [1.54, 1.807) is 6.07 Å². The molecule has 0 atom stereocenters. The number of aromatic nitrogens is 1. The van der Waals surface area contributed by atoms with Crippen LogP contribution in [0.5, 0.6) is 0 Å². The third-order valence-electron chi connectivity index (χ3n) is 4.96. The van der Waals surface area contributed by atoms with Crippen molar-refractivity contribution in [2.75, 3.05) is 31.2 Å². The molecule has 5 heteroatoms. The Morgan fingerprint density at radius 2 is 1.63 bits per heavy atom. The fraction of sp³-hybridized carbons (Fsp3) is 0.182. The van der Waals surface area contributed by atoms with E-state index in [1.165, 1.54) is 0 Å². The van der Waals surface area contributed by atoms with Crippen molar-refractivity contribution in [3.05, 3.63) is 71.1 Å². The lowest BCUT2D eigenvalue weighted by molar-refractivity contribution is 0.122. The monoisotopic (exact) mass is 358 g/mol. The minimum atomic E-state index is -0.359. The lowest BCUT2D eigenvalue weighted by atomic mass is 10.0. The Morgan fingerprint density at radius 3 is 2.44 bits per heavy atom. The van der Waals surface area contributed by atoms with Gasteiger partial charge in [0.2, 0.25) is 0 Å². The Hall–Kier alpha value is -3.18. The highest BCUT2D eigenvalue weighted by Crippen LogP contribution is 2.34. The maximum absolute atomic E-state index is 12.6. The smallest absolute Gasteiger partial charge is 0.345 e. The van der Waals surface area contributed by atoms with E-state index < -0.39 is 0 Å². The zero-order chi connectivity index (χ0) is 18.2. The van der Waals surface area contributed by atoms with Crippen LogP contribution in [0.1, 0.15) is 0 Å². The van der Waals surface area contributed by atoms with Crippen LogP contribution in [-0.4, -0.2) is 31.3 Å². The molecule has 0 N–H and O–H groups in total. The number of ether oxygens (including phenoxy) is 1. The molecule has 0 amide bonds. The van der Waals surface area contributed by atoms with E-state index >= 15 is 0 Å². The third kappa shape index (κ3) is 2.76. The summed E-state index contributed by atoms with van der Waals surface area (Å²) in [6.45, 7) is 2.90. The first kappa shape index (κ1) is 16.0. The molecule has 0 saturated carbocycles. The number of para-hydroxylation sites is 1. The van der Waals surface area contributed by atoms with Gasteiger partial charge in [-0.05, 0) is 23.8 Å². The molecule has 1 aliphatic rings. The standard InChI is InChI=1S/C22H18N2O3/c25-22-18-14-17(15-6-2-1-3-7-15)21(24-10-12-26-13-11-24)23-20(18)16-8-4-5-9-19(16)27-22/h1-9,14H,10-13H2. The second-order valence-corrected chi connectivity index (χ2v) is 6.61. The van der Waals surface area contributed by atoms with Gasteiger partial charge in [0, 0.05) is 24.0 Å². The van der Waals surface area contributed by atoms with Crippen molar-refractivity contribution in [2.45, 2.75) is 0 Å². The number of pyridine rings is 1. The SMILES string of the molecule is O=c1oc2ccccc2c2nc(N3CCOCC3)c(-c3ccccc3)cc12. The number of nitrogens with zero attached hydrogens (tertiary/aromatic N) is 2. The first-order valence-corrected chi connectivity index (χ1v) is 9.06. The molecule has 27 heavy (non-hydrogen) atoms. The Labute approximate surface area is 155 Å². The minimum Gasteiger partial charge on any atom is -0.422 e. The Kier molecular flexibility index (Phi) is 3.87. The number of benzene rings is 2. The zero-order valence-electron chi connectivity index (χ0n) is 14.7. The molecule has 5 nitrogen and oxygen atoms in total. The predicted octanol–water partition coefficient (Wildman–Crippen LogP) is 3.84. The molecule has 134 valence electrons. The van der Waals surface area contributed by atoms with Crippen molar-refractivity contribution in [3.8, 4) is 11.1 Å². The van der Waals surface area contributed by atoms with E-state index in [4.69, 9.17) is 14.1 Å². The number of hydrogen-bond donors (Lipinski definition) is 0. The largest absolute Gasteiger partial charge is 0.422 e. The topological polar surface area (TPSA) is 55.6 Å². The highest BCUT2D eigenvalue weighted by Gasteiger charge is 2.20. The van der Waals surface area contributed by atoms with E-state index in [9.17, 15) is 4.79 Å². The summed E-state index contributed by atoms with van der Waals surface area (Å²) in [6.07, 6.45) is 0. The van der Waals surface area contributed by atoms with Gasteiger partial charge in [-0.1, -0.05) is 42.5 Å². The maximum atomic E-state index is 12.6. The molecule has 1 aliphatic heterocycles. The molecule has 0 radical (unpaired) electrons. The Morgan fingerprint density at radius 1 is 0.889 bits per heavy atom. The summed E-state index contributed by atoms with van der Waals surface area (Å²) < 4.78 is 11.0. The molecule has 2 aromatic carbocycles. The number of morpholine rings is 1. The van der Waals surface area contributed by atoms with E-state index in [0.717, 1.165) is 35.4 Å².